The van der Waals surface area contributed by atoms with E-state index in [1.54, 1.807) is 36.4 Å². The average Bonchev–Trinajstić information content (AvgIpc) is 3.31. The predicted molar refractivity (Wildman–Crippen MR) is 114 cm³/mol. The van der Waals surface area contributed by atoms with Crippen LogP contribution in [0.4, 0.5) is 5.69 Å². The first-order valence-electron chi connectivity index (χ1n) is 8.33. The number of amides is 2. The number of ether oxygens (including phenoxy) is 1. The Morgan fingerprint density at radius 3 is 2.39 bits per heavy atom. The molecule has 0 saturated heterocycles. The standard InChI is InChI=1S/C21H14ClNO3S2/c1-26-16-6-3-2-5-15(16)23-20(24)18(17-7-4-12-27-17)19(21(23)25)28-14-10-8-13(22)9-11-14/h2-12H,1H3. The van der Waals surface area contributed by atoms with E-state index < -0.39 is 0 Å². The molecular weight excluding hydrogens is 414 g/mol. The topological polar surface area (TPSA) is 46.6 Å². The van der Waals surface area contributed by atoms with Crippen molar-refractivity contribution >= 4 is 57.8 Å². The fourth-order valence-corrected chi connectivity index (χ4v) is 4.84. The normalized spacial score (nSPS) is 14.1. The molecular formula is C21H14ClNO3S2. The van der Waals surface area contributed by atoms with Gasteiger partial charge in [0.15, 0.2) is 0 Å². The number of hydrogen-bond donors (Lipinski definition) is 0. The van der Waals surface area contributed by atoms with E-state index in [1.807, 2.05) is 29.6 Å². The Bertz CT molecular complexity index is 1080. The zero-order chi connectivity index (χ0) is 19.7. The van der Waals surface area contributed by atoms with E-state index in [0.717, 1.165) is 9.77 Å². The van der Waals surface area contributed by atoms with Crippen LogP contribution in [0.2, 0.25) is 5.02 Å². The molecule has 28 heavy (non-hydrogen) atoms. The van der Waals surface area contributed by atoms with Crippen molar-refractivity contribution in [2.75, 3.05) is 12.0 Å². The molecule has 2 aromatic carbocycles. The van der Waals surface area contributed by atoms with E-state index in [-0.39, 0.29) is 11.8 Å². The fourth-order valence-electron chi connectivity index (χ4n) is 2.90. The van der Waals surface area contributed by atoms with Crippen molar-refractivity contribution < 1.29 is 14.3 Å². The molecule has 0 bridgehead atoms. The number of hydrogen-bond acceptors (Lipinski definition) is 5. The first-order chi connectivity index (χ1) is 13.6. The van der Waals surface area contributed by atoms with Crippen LogP contribution < -0.4 is 9.64 Å². The van der Waals surface area contributed by atoms with Gasteiger partial charge in [0.2, 0.25) is 0 Å². The van der Waals surface area contributed by atoms with E-state index in [2.05, 4.69) is 0 Å². The maximum absolute atomic E-state index is 13.3. The van der Waals surface area contributed by atoms with Crippen LogP contribution in [0.25, 0.3) is 5.57 Å². The lowest BCUT2D eigenvalue weighted by Crippen LogP contribution is -2.31. The van der Waals surface area contributed by atoms with Crippen LogP contribution in [0.15, 0.2) is 75.8 Å². The van der Waals surface area contributed by atoms with Gasteiger partial charge < -0.3 is 4.74 Å². The summed E-state index contributed by atoms with van der Waals surface area (Å²) in [6.07, 6.45) is 0. The molecule has 4 rings (SSSR count). The van der Waals surface area contributed by atoms with Gasteiger partial charge in [-0.3, -0.25) is 9.59 Å². The molecule has 7 heteroatoms. The van der Waals surface area contributed by atoms with Gasteiger partial charge in [-0.25, -0.2) is 4.90 Å². The summed E-state index contributed by atoms with van der Waals surface area (Å²) in [6.45, 7) is 0. The molecule has 140 valence electrons. The highest BCUT2D eigenvalue weighted by Gasteiger charge is 2.41. The predicted octanol–water partition coefficient (Wildman–Crippen LogP) is 5.49. The van der Waals surface area contributed by atoms with Gasteiger partial charge in [0.05, 0.1) is 23.3 Å². The molecule has 1 aliphatic rings. The summed E-state index contributed by atoms with van der Waals surface area (Å²) < 4.78 is 5.36. The molecule has 4 nitrogen and oxygen atoms in total. The molecule has 0 unspecified atom stereocenters. The quantitative estimate of drug-likeness (QED) is 0.505. The monoisotopic (exact) mass is 427 g/mol. The Hall–Kier alpha value is -2.54. The largest absolute Gasteiger partial charge is 0.495 e. The Kier molecular flexibility index (Phi) is 5.26. The van der Waals surface area contributed by atoms with Gasteiger partial charge in [-0.05, 0) is 47.8 Å². The number of halogens is 1. The number of thiophene rings is 1. The zero-order valence-electron chi connectivity index (χ0n) is 14.7. The number of para-hydroxylation sites is 2. The summed E-state index contributed by atoms with van der Waals surface area (Å²) in [6, 6.07) is 17.9. The van der Waals surface area contributed by atoms with E-state index in [0.29, 0.717) is 26.9 Å². The van der Waals surface area contributed by atoms with Crippen LogP contribution in [-0.4, -0.2) is 18.9 Å². The minimum atomic E-state index is -0.363. The molecule has 0 saturated carbocycles. The third kappa shape index (κ3) is 3.35. The van der Waals surface area contributed by atoms with E-state index in [9.17, 15) is 9.59 Å². The molecule has 3 aromatic rings. The van der Waals surface area contributed by atoms with Gasteiger partial charge in [-0.2, -0.15) is 0 Å². The number of carbonyl (C=O) groups excluding carboxylic acids is 2. The SMILES string of the molecule is COc1ccccc1N1C(=O)C(Sc2ccc(Cl)cc2)=C(c2cccs2)C1=O. The minimum Gasteiger partial charge on any atom is -0.495 e. The highest BCUT2D eigenvalue weighted by atomic mass is 35.5. The maximum atomic E-state index is 13.3. The highest BCUT2D eigenvalue weighted by Crippen LogP contribution is 2.44. The Morgan fingerprint density at radius 2 is 1.71 bits per heavy atom. The molecule has 0 spiro atoms. The van der Waals surface area contributed by atoms with Crippen LogP contribution in [0.1, 0.15) is 4.88 Å². The lowest BCUT2D eigenvalue weighted by molar-refractivity contribution is -0.119. The number of methoxy groups -OCH3 is 1. The molecule has 2 amide bonds. The van der Waals surface area contributed by atoms with E-state index in [4.69, 9.17) is 16.3 Å². The summed E-state index contributed by atoms with van der Waals surface area (Å²) in [5, 5.41) is 2.50. The number of rotatable bonds is 5. The molecule has 0 atom stereocenters. The van der Waals surface area contributed by atoms with Crippen LogP contribution >= 0.6 is 34.7 Å². The second-order valence-corrected chi connectivity index (χ2v) is 8.32. The second kappa shape index (κ2) is 7.83. The van der Waals surface area contributed by atoms with Crippen LogP contribution in [0, 0.1) is 0 Å². The van der Waals surface area contributed by atoms with Crippen LogP contribution in [0.5, 0.6) is 5.75 Å². The smallest absolute Gasteiger partial charge is 0.273 e. The Morgan fingerprint density at radius 1 is 0.964 bits per heavy atom. The molecule has 0 fully saturated rings. The molecule has 1 aliphatic heterocycles. The van der Waals surface area contributed by atoms with Gasteiger partial charge in [0.1, 0.15) is 5.75 Å². The molecule has 1 aromatic heterocycles. The Labute approximate surface area is 175 Å². The number of carbonyl (C=O) groups is 2. The van der Waals surface area contributed by atoms with Crippen molar-refractivity contribution in [2.24, 2.45) is 0 Å². The first kappa shape index (κ1) is 18.8. The van der Waals surface area contributed by atoms with Crippen molar-refractivity contribution in [3.63, 3.8) is 0 Å². The van der Waals surface area contributed by atoms with Crippen molar-refractivity contribution in [1.82, 2.24) is 0 Å². The second-order valence-electron chi connectivity index (χ2n) is 5.85. The lowest BCUT2D eigenvalue weighted by atomic mass is 10.2. The van der Waals surface area contributed by atoms with Crippen molar-refractivity contribution in [2.45, 2.75) is 4.90 Å². The first-order valence-corrected chi connectivity index (χ1v) is 10.4. The number of nitrogens with zero attached hydrogens (tertiary/aromatic N) is 1. The zero-order valence-corrected chi connectivity index (χ0v) is 17.1. The van der Waals surface area contributed by atoms with Gasteiger partial charge >= 0.3 is 0 Å². The lowest BCUT2D eigenvalue weighted by Gasteiger charge is -2.18. The third-order valence-corrected chi connectivity index (χ3v) is 6.40. The van der Waals surface area contributed by atoms with Crippen LogP contribution in [-0.2, 0) is 9.59 Å². The van der Waals surface area contributed by atoms with Crippen molar-refractivity contribution in [3.05, 3.63) is 80.8 Å². The van der Waals surface area contributed by atoms with Crippen molar-refractivity contribution in [1.29, 1.82) is 0 Å². The number of imide groups is 1. The minimum absolute atomic E-state index is 0.353. The van der Waals surface area contributed by atoms with Crippen LogP contribution in [0.3, 0.4) is 0 Å². The molecule has 0 radical (unpaired) electrons. The third-order valence-electron chi connectivity index (χ3n) is 4.17. The average molecular weight is 428 g/mol. The van der Waals surface area contributed by atoms with Crippen molar-refractivity contribution in [3.8, 4) is 5.75 Å². The Balaban J connectivity index is 1.81. The summed E-state index contributed by atoms with van der Waals surface area (Å²) in [5.41, 5.74) is 0.839. The fraction of sp³-hybridized carbons (Fsp3) is 0.0476. The number of benzene rings is 2. The number of anilines is 1. The van der Waals surface area contributed by atoms with Gasteiger partial charge in [-0.15, -0.1) is 11.3 Å². The molecule has 0 aliphatic carbocycles. The summed E-state index contributed by atoms with van der Waals surface area (Å²) >= 11 is 8.66. The van der Waals surface area contributed by atoms with E-state index in [1.165, 1.54) is 35.1 Å². The van der Waals surface area contributed by atoms with Gasteiger partial charge in [0, 0.05) is 14.8 Å². The highest BCUT2D eigenvalue weighted by molar-refractivity contribution is 8.04. The summed E-state index contributed by atoms with van der Waals surface area (Å²) in [4.78, 5) is 29.8. The number of thioether (sulfide) groups is 1. The maximum Gasteiger partial charge on any atom is 0.273 e. The summed E-state index contributed by atoms with van der Waals surface area (Å²) in [5.74, 6) is -0.251. The van der Waals surface area contributed by atoms with E-state index >= 15 is 0 Å². The molecule has 2 heterocycles. The van der Waals surface area contributed by atoms with Gasteiger partial charge in [0.25, 0.3) is 11.8 Å². The van der Waals surface area contributed by atoms with Gasteiger partial charge in [-0.1, -0.05) is 41.6 Å². The molecule has 0 N–H and O–H groups in total. The summed E-state index contributed by atoms with van der Waals surface area (Å²) in [7, 11) is 1.51.